The number of aliphatic hydroxyl groups is 1. The number of hydrogen-bond donors (Lipinski definition) is 2. The molecule has 0 saturated carbocycles. The van der Waals surface area contributed by atoms with E-state index in [1.54, 1.807) is 6.07 Å². The average molecular weight is 277 g/mol. The van der Waals surface area contributed by atoms with Crippen molar-refractivity contribution in [2.45, 2.75) is 25.4 Å². The van der Waals surface area contributed by atoms with Crippen molar-refractivity contribution < 1.29 is 14.8 Å². The standard InChI is InChI=1S/C13H15N3O4/c17-9-3-4-15(7-9)11-5-8-1-2-13(18)14-10(8)6-12(11)16(19)20/h5-6,9,17H,1-4,7H2,(H,14,18)/t9-/m1/s1. The Labute approximate surface area is 115 Å². The molecule has 1 fully saturated rings. The summed E-state index contributed by atoms with van der Waals surface area (Å²) in [6, 6.07) is 3.19. The van der Waals surface area contributed by atoms with Crippen LogP contribution in [-0.4, -0.2) is 35.1 Å². The van der Waals surface area contributed by atoms with Gasteiger partial charge in [-0.3, -0.25) is 14.9 Å². The Balaban J connectivity index is 2.04. The molecular weight excluding hydrogens is 262 g/mol. The summed E-state index contributed by atoms with van der Waals surface area (Å²) in [5.74, 6) is -0.115. The van der Waals surface area contributed by atoms with Gasteiger partial charge in [-0.2, -0.15) is 0 Å². The van der Waals surface area contributed by atoms with Crippen LogP contribution in [0.4, 0.5) is 17.1 Å². The maximum Gasteiger partial charge on any atom is 0.294 e. The molecule has 0 spiro atoms. The van der Waals surface area contributed by atoms with Gasteiger partial charge in [0.15, 0.2) is 0 Å². The third-order valence-corrected chi connectivity index (χ3v) is 3.80. The number of nitrogens with one attached hydrogen (secondary N) is 1. The lowest BCUT2D eigenvalue weighted by Crippen LogP contribution is -2.24. The van der Waals surface area contributed by atoms with Crippen LogP contribution in [0.5, 0.6) is 0 Å². The SMILES string of the molecule is O=C1CCc2cc(N3CC[C@@H](O)C3)c([N+](=O)[O-])cc2N1. The Morgan fingerprint density at radius 2 is 2.20 bits per heavy atom. The van der Waals surface area contributed by atoms with E-state index in [-0.39, 0.29) is 11.6 Å². The van der Waals surface area contributed by atoms with E-state index in [2.05, 4.69) is 5.32 Å². The smallest absolute Gasteiger partial charge is 0.294 e. The van der Waals surface area contributed by atoms with Crippen molar-refractivity contribution in [2.24, 2.45) is 0 Å². The van der Waals surface area contributed by atoms with Crippen molar-refractivity contribution in [3.05, 3.63) is 27.8 Å². The zero-order chi connectivity index (χ0) is 14.3. The molecule has 1 aromatic rings. The Morgan fingerprint density at radius 1 is 1.40 bits per heavy atom. The zero-order valence-electron chi connectivity index (χ0n) is 10.8. The van der Waals surface area contributed by atoms with Gasteiger partial charge >= 0.3 is 0 Å². The minimum absolute atomic E-state index is 0.0277. The summed E-state index contributed by atoms with van der Waals surface area (Å²) in [5.41, 5.74) is 1.93. The number of anilines is 2. The minimum Gasteiger partial charge on any atom is -0.391 e. The molecule has 106 valence electrons. The number of aliphatic hydroxyl groups excluding tert-OH is 1. The highest BCUT2D eigenvalue weighted by molar-refractivity contribution is 5.95. The predicted molar refractivity (Wildman–Crippen MR) is 72.9 cm³/mol. The van der Waals surface area contributed by atoms with E-state index >= 15 is 0 Å². The number of carbonyl (C=O) groups excluding carboxylic acids is 1. The number of β-amino-alcohol motifs (C(OH)–C–C–N with tert-alkyl or cyclic N) is 1. The second-order valence-electron chi connectivity index (χ2n) is 5.19. The van der Waals surface area contributed by atoms with Gasteiger partial charge in [-0.15, -0.1) is 0 Å². The van der Waals surface area contributed by atoms with E-state index < -0.39 is 11.0 Å². The fourth-order valence-corrected chi connectivity index (χ4v) is 2.76. The molecule has 1 amide bonds. The van der Waals surface area contributed by atoms with Crippen molar-refractivity contribution in [3.63, 3.8) is 0 Å². The Morgan fingerprint density at radius 3 is 2.85 bits per heavy atom. The van der Waals surface area contributed by atoms with Gasteiger partial charge in [-0.25, -0.2) is 0 Å². The van der Waals surface area contributed by atoms with Crippen molar-refractivity contribution in [1.29, 1.82) is 0 Å². The zero-order valence-corrected chi connectivity index (χ0v) is 10.8. The molecule has 1 aromatic carbocycles. The van der Waals surface area contributed by atoms with E-state index in [0.29, 0.717) is 43.7 Å². The van der Waals surface area contributed by atoms with Crippen molar-refractivity contribution >= 4 is 23.0 Å². The first-order valence-electron chi connectivity index (χ1n) is 6.59. The third-order valence-electron chi connectivity index (χ3n) is 3.80. The molecule has 0 radical (unpaired) electrons. The van der Waals surface area contributed by atoms with Gasteiger partial charge in [0.1, 0.15) is 5.69 Å². The number of carbonyl (C=O) groups is 1. The number of nitro groups is 1. The summed E-state index contributed by atoms with van der Waals surface area (Å²) in [6.07, 6.45) is 1.16. The topological polar surface area (TPSA) is 95.7 Å². The highest BCUT2D eigenvalue weighted by Crippen LogP contribution is 2.37. The van der Waals surface area contributed by atoms with E-state index in [9.17, 15) is 20.0 Å². The molecule has 0 aliphatic carbocycles. The maximum absolute atomic E-state index is 11.4. The van der Waals surface area contributed by atoms with Gasteiger partial charge in [0.05, 0.1) is 16.7 Å². The van der Waals surface area contributed by atoms with Crippen LogP contribution in [0, 0.1) is 10.1 Å². The summed E-state index contributed by atoms with van der Waals surface area (Å²) < 4.78 is 0. The number of benzene rings is 1. The molecular formula is C13H15N3O4. The second-order valence-corrected chi connectivity index (χ2v) is 5.19. The monoisotopic (exact) mass is 277 g/mol. The van der Waals surface area contributed by atoms with Crippen LogP contribution >= 0.6 is 0 Å². The summed E-state index contributed by atoms with van der Waals surface area (Å²) in [5, 5.41) is 23.5. The van der Waals surface area contributed by atoms with Crippen LogP contribution < -0.4 is 10.2 Å². The number of rotatable bonds is 2. The molecule has 2 heterocycles. The summed E-state index contributed by atoms with van der Waals surface area (Å²) in [4.78, 5) is 24.0. The number of fused-ring (bicyclic) bond motifs is 1. The lowest BCUT2D eigenvalue weighted by molar-refractivity contribution is -0.384. The van der Waals surface area contributed by atoms with E-state index in [4.69, 9.17) is 0 Å². The van der Waals surface area contributed by atoms with Gasteiger partial charge in [0.25, 0.3) is 5.69 Å². The molecule has 7 heteroatoms. The number of amides is 1. The van der Waals surface area contributed by atoms with Gasteiger partial charge < -0.3 is 15.3 Å². The van der Waals surface area contributed by atoms with E-state index in [1.165, 1.54) is 6.07 Å². The van der Waals surface area contributed by atoms with E-state index in [1.807, 2.05) is 4.90 Å². The molecule has 0 aromatic heterocycles. The maximum atomic E-state index is 11.4. The fraction of sp³-hybridized carbons (Fsp3) is 0.462. The van der Waals surface area contributed by atoms with E-state index in [0.717, 1.165) is 5.56 Å². The summed E-state index contributed by atoms with van der Waals surface area (Å²) in [6.45, 7) is 1.01. The van der Waals surface area contributed by atoms with Gasteiger partial charge in [0, 0.05) is 25.6 Å². The summed E-state index contributed by atoms with van der Waals surface area (Å²) >= 11 is 0. The minimum atomic E-state index is -0.443. The molecule has 1 atom stereocenters. The number of nitrogens with zero attached hydrogens (tertiary/aromatic N) is 2. The van der Waals surface area contributed by atoms with Crippen molar-refractivity contribution in [2.75, 3.05) is 23.3 Å². The predicted octanol–water partition coefficient (Wildman–Crippen LogP) is 1.05. The fourth-order valence-electron chi connectivity index (χ4n) is 2.76. The Kier molecular flexibility index (Phi) is 3.06. The molecule has 0 bridgehead atoms. The number of hydrogen-bond acceptors (Lipinski definition) is 5. The Bertz CT molecular complexity index is 587. The van der Waals surface area contributed by atoms with Gasteiger partial charge in [0.2, 0.25) is 5.91 Å². The van der Waals surface area contributed by atoms with Crippen LogP contribution in [0.15, 0.2) is 12.1 Å². The molecule has 7 nitrogen and oxygen atoms in total. The van der Waals surface area contributed by atoms with Crippen molar-refractivity contribution in [1.82, 2.24) is 0 Å². The van der Waals surface area contributed by atoms with Crippen LogP contribution in [-0.2, 0) is 11.2 Å². The normalized spacial score (nSPS) is 21.6. The highest BCUT2D eigenvalue weighted by Gasteiger charge is 2.29. The quantitative estimate of drug-likeness (QED) is 0.622. The number of aryl methyl sites for hydroxylation is 1. The van der Waals surface area contributed by atoms with Crippen LogP contribution in [0.3, 0.4) is 0 Å². The van der Waals surface area contributed by atoms with Crippen molar-refractivity contribution in [3.8, 4) is 0 Å². The largest absolute Gasteiger partial charge is 0.391 e. The number of nitro benzene ring substituents is 1. The summed E-state index contributed by atoms with van der Waals surface area (Å²) in [7, 11) is 0. The molecule has 2 aliphatic rings. The molecule has 3 rings (SSSR count). The van der Waals surface area contributed by atoms with Gasteiger partial charge in [-0.1, -0.05) is 0 Å². The Hall–Kier alpha value is -2.15. The third kappa shape index (κ3) is 2.20. The van der Waals surface area contributed by atoms with Crippen LogP contribution in [0.1, 0.15) is 18.4 Å². The van der Waals surface area contributed by atoms with Crippen LogP contribution in [0.25, 0.3) is 0 Å². The average Bonchev–Trinajstić information content (AvgIpc) is 2.83. The molecule has 2 N–H and O–H groups in total. The first-order chi connectivity index (χ1) is 9.54. The lowest BCUT2D eigenvalue weighted by Gasteiger charge is -2.22. The molecule has 0 unspecified atom stereocenters. The second kappa shape index (κ2) is 4.75. The first-order valence-corrected chi connectivity index (χ1v) is 6.59. The first kappa shape index (κ1) is 12.9. The molecule has 2 aliphatic heterocycles. The lowest BCUT2D eigenvalue weighted by atomic mass is 10.0. The van der Waals surface area contributed by atoms with Gasteiger partial charge in [-0.05, 0) is 24.5 Å². The highest BCUT2D eigenvalue weighted by atomic mass is 16.6. The molecule has 20 heavy (non-hydrogen) atoms. The molecule has 1 saturated heterocycles. The van der Waals surface area contributed by atoms with Crippen LogP contribution in [0.2, 0.25) is 0 Å².